The van der Waals surface area contributed by atoms with Crippen molar-refractivity contribution in [2.45, 2.75) is 0 Å². The van der Waals surface area contributed by atoms with Gasteiger partial charge in [-0.25, -0.2) is 0 Å². The molecular formula is C26H21O2P. The van der Waals surface area contributed by atoms with Crippen LogP contribution in [0.25, 0.3) is 0 Å². The summed E-state index contributed by atoms with van der Waals surface area (Å²) in [6.45, 7) is -0.346. The molecule has 1 N–H and O–H groups in total. The summed E-state index contributed by atoms with van der Waals surface area (Å²) in [6, 6.07) is 28.2. The molecule has 0 fully saturated rings. The van der Waals surface area contributed by atoms with Crippen molar-refractivity contribution >= 4 is 17.8 Å². The maximum absolute atomic E-state index is 14.1. The van der Waals surface area contributed by atoms with Crippen molar-refractivity contribution in [3.05, 3.63) is 126 Å². The lowest BCUT2D eigenvalue weighted by molar-refractivity contribution is 0.338. The van der Waals surface area contributed by atoms with E-state index in [2.05, 4.69) is 17.6 Å². The van der Waals surface area contributed by atoms with Crippen molar-refractivity contribution in [2.75, 3.05) is 6.61 Å². The highest BCUT2D eigenvalue weighted by atomic mass is 31.2. The Hall–Kier alpha value is -3.33. The van der Waals surface area contributed by atoms with E-state index >= 15 is 0 Å². The summed E-state index contributed by atoms with van der Waals surface area (Å²) >= 11 is 0. The Balaban J connectivity index is 1.96. The van der Waals surface area contributed by atoms with Gasteiger partial charge in [0, 0.05) is 16.2 Å². The topological polar surface area (TPSA) is 37.3 Å². The van der Waals surface area contributed by atoms with E-state index in [1.807, 2.05) is 91.0 Å². The molecule has 0 aliphatic heterocycles. The van der Waals surface area contributed by atoms with E-state index in [1.54, 1.807) is 18.2 Å². The fraction of sp³-hybridized carbons (Fsp3) is 0.0385. The molecular weight excluding hydrogens is 375 g/mol. The third-order valence-corrected chi connectivity index (χ3v) is 7.37. The van der Waals surface area contributed by atoms with Gasteiger partial charge in [-0.2, -0.15) is 0 Å². The monoisotopic (exact) mass is 396 g/mol. The van der Waals surface area contributed by atoms with Gasteiger partial charge in [-0.05, 0) is 30.4 Å². The van der Waals surface area contributed by atoms with Crippen LogP contribution >= 0.6 is 7.14 Å². The van der Waals surface area contributed by atoms with Gasteiger partial charge in [0.15, 0.2) is 7.14 Å². The van der Waals surface area contributed by atoms with Gasteiger partial charge in [0.25, 0.3) is 0 Å². The smallest absolute Gasteiger partial charge is 0.176 e. The molecule has 3 rings (SSSR count). The highest BCUT2D eigenvalue weighted by molar-refractivity contribution is 7.82. The first-order chi connectivity index (χ1) is 14.2. The lowest BCUT2D eigenvalue weighted by Crippen LogP contribution is -2.18. The summed E-state index contributed by atoms with van der Waals surface area (Å²) in [7, 11) is -3.18. The summed E-state index contributed by atoms with van der Waals surface area (Å²) in [4.78, 5) is 0. The molecule has 0 amide bonds. The van der Waals surface area contributed by atoms with Crippen LogP contribution in [0.1, 0.15) is 5.56 Å². The Morgan fingerprint density at radius 2 is 1.34 bits per heavy atom. The van der Waals surface area contributed by atoms with Crippen molar-refractivity contribution in [1.29, 1.82) is 0 Å². The molecule has 3 aromatic carbocycles. The van der Waals surface area contributed by atoms with Crippen LogP contribution in [0.3, 0.4) is 0 Å². The Morgan fingerprint density at radius 1 is 0.828 bits per heavy atom. The molecule has 0 spiro atoms. The highest BCUT2D eigenvalue weighted by Gasteiger charge is 2.31. The van der Waals surface area contributed by atoms with Gasteiger partial charge in [0.1, 0.15) is 0 Å². The molecule has 0 aromatic heterocycles. The number of benzene rings is 3. The molecule has 0 atom stereocenters. The third-order valence-electron chi connectivity index (χ3n) is 4.29. The molecule has 142 valence electrons. The molecule has 0 heterocycles. The van der Waals surface area contributed by atoms with E-state index in [9.17, 15) is 9.67 Å². The second kappa shape index (κ2) is 10.3. The number of aliphatic hydroxyl groups is 1. The first-order valence-corrected chi connectivity index (χ1v) is 11.0. The van der Waals surface area contributed by atoms with Crippen LogP contribution in [0.2, 0.25) is 0 Å². The Morgan fingerprint density at radius 3 is 1.86 bits per heavy atom. The van der Waals surface area contributed by atoms with Gasteiger partial charge in [-0.3, -0.25) is 0 Å². The summed E-state index contributed by atoms with van der Waals surface area (Å²) in [5, 5.41) is 11.7. The van der Waals surface area contributed by atoms with Gasteiger partial charge < -0.3 is 9.67 Å². The molecule has 0 saturated carbocycles. The van der Waals surface area contributed by atoms with Crippen molar-refractivity contribution in [1.82, 2.24) is 0 Å². The van der Waals surface area contributed by atoms with Crippen molar-refractivity contribution in [2.24, 2.45) is 0 Å². The zero-order valence-corrected chi connectivity index (χ0v) is 16.8. The Kier molecular flexibility index (Phi) is 7.23. The number of allylic oxidation sites excluding steroid dienone is 2. The van der Waals surface area contributed by atoms with E-state index < -0.39 is 7.14 Å². The van der Waals surface area contributed by atoms with Gasteiger partial charge >= 0.3 is 0 Å². The van der Waals surface area contributed by atoms with Crippen molar-refractivity contribution in [3.8, 4) is 11.8 Å². The largest absolute Gasteiger partial charge is 0.391 e. The minimum absolute atomic E-state index is 0.346. The molecule has 0 aliphatic carbocycles. The molecule has 0 bridgehead atoms. The zero-order chi connectivity index (χ0) is 20.4. The lowest BCUT2D eigenvalue weighted by Gasteiger charge is -2.20. The first-order valence-electron chi connectivity index (χ1n) is 9.25. The summed E-state index contributed by atoms with van der Waals surface area (Å²) in [5.41, 5.74) is 3.97. The normalized spacial score (nSPS) is 10.7. The molecule has 0 radical (unpaired) electrons. The molecule has 0 unspecified atom stereocenters. The molecule has 3 heteroatoms. The van der Waals surface area contributed by atoms with Crippen LogP contribution in [-0.2, 0) is 4.57 Å². The predicted molar refractivity (Wildman–Crippen MR) is 121 cm³/mol. The fourth-order valence-corrected chi connectivity index (χ4v) is 5.42. The van der Waals surface area contributed by atoms with Crippen LogP contribution in [0.15, 0.2) is 120 Å². The van der Waals surface area contributed by atoms with Crippen molar-refractivity contribution < 1.29 is 9.67 Å². The standard InChI is InChI=1S/C26H21O2P/c27-22-26(21-9-2-1-6-14-23-15-7-3-8-16-23)29(28,24-17-10-4-11-18-24)25-19-12-5-13-20-25/h1-5,7-13,15-20,27H,22H2/b2-1+. The Bertz CT molecular complexity index is 1090. The van der Waals surface area contributed by atoms with Gasteiger partial charge in [-0.15, -0.1) is 5.73 Å². The second-order valence-electron chi connectivity index (χ2n) is 6.19. The van der Waals surface area contributed by atoms with Crippen molar-refractivity contribution in [3.63, 3.8) is 0 Å². The third kappa shape index (κ3) is 5.14. The molecule has 0 aliphatic rings. The van der Waals surface area contributed by atoms with Crippen LogP contribution in [0.4, 0.5) is 0 Å². The average Bonchev–Trinajstić information content (AvgIpc) is 2.80. The number of hydrogen-bond acceptors (Lipinski definition) is 2. The summed E-state index contributed by atoms with van der Waals surface area (Å²) in [6.07, 6.45) is 5.07. The van der Waals surface area contributed by atoms with E-state index in [4.69, 9.17) is 0 Å². The number of hydrogen-bond donors (Lipinski definition) is 1. The number of rotatable bonds is 5. The molecule has 2 nitrogen and oxygen atoms in total. The van der Waals surface area contributed by atoms with Gasteiger partial charge in [-0.1, -0.05) is 90.7 Å². The van der Waals surface area contributed by atoms with E-state index in [-0.39, 0.29) is 6.61 Å². The van der Waals surface area contributed by atoms with E-state index in [0.717, 1.165) is 5.56 Å². The highest BCUT2D eigenvalue weighted by Crippen LogP contribution is 2.50. The molecule has 29 heavy (non-hydrogen) atoms. The van der Waals surface area contributed by atoms with Gasteiger partial charge in [0.05, 0.1) is 11.9 Å². The lowest BCUT2D eigenvalue weighted by atomic mass is 10.2. The fourth-order valence-electron chi connectivity index (χ4n) is 2.86. The van der Waals surface area contributed by atoms with Crippen LogP contribution in [0.5, 0.6) is 0 Å². The van der Waals surface area contributed by atoms with E-state index in [1.165, 1.54) is 0 Å². The minimum atomic E-state index is -3.18. The quantitative estimate of drug-likeness (QED) is 0.295. The Labute approximate surface area is 171 Å². The summed E-state index contributed by atoms with van der Waals surface area (Å²) < 4.78 is 14.1. The van der Waals surface area contributed by atoms with Crippen LogP contribution < -0.4 is 10.6 Å². The maximum Gasteiger partial charge on any atom is 0.176 e. The van der Waals surface area contributed by atoms with Crippen LogP contribution in [-0.4, -0.2) is 11.7 Å². The molecule has 0 saturated heterocycles. The first kappa shape index (κ1) is 20.4. The SMILES string of the molecule is O=P(C(=C=C/C=C/C#Cc1ccccc1)CO)(c1ccccc1)c1ccccc1. The summed E-state index contributed by atoms with van der Waals surface area (Å²) in [5.74, 6) is 5.99. The minimum Gasteiger partial charge on any atom is -0.391 e. The molecule has 3 aromatic rings. The maximum atomic E-state index is 14.1. The average molecular weight is 396 g/mol. The zero-order valence-electron chi connectivity index (χ0n) is 15.9. The van der Waals surface area contributed by atoms with Gasteiger partial charge in [0.2, 0.25) is 0 Å². The predicted octanol–water partition coefficient (Wildman–Crippen LogP) is 4.64. The second-order valence-corrected chi connectivity index (χ2v) is 8.98. The van der Waals surface area contributed by atoms with E-state index in [0.29, 0.717) is 15.9 Å². The number of aliphatic hydroxyl groups excluding tert-OH is 1. The van der Waals surface area contributed by atoms with Crippen LogP contribution in [0, 0.1) is 11.8 Å².